The number of phenols is 1. The molecule has 0 fully saturated rings. The van der Waals surface area contributed by atoms with Crippen molar-refractivity contribution in [2.24, 2.45) is 0 Å². The third kappa shape index (κ3) is 4.31. The molecule has 1 aliphatic carbocycles. The zero-order valence-corrected chi connectivity index (χ0v) is 21.4. The van der Waals surface area contributed by atoms with E-state index in [2.05, 4.69) is 31.0 Å². The summed E-state index contributed by atoms with van der Waals surface area (Å²) in [5.41, 5.74) is 4.62. The highest BCUT2D eigenvalue weighted by Gasteiger charge is 2.39. The highest BCUT2D eigenvalue weighted by atomic mass is 16.3. The third-order valence-electron chi connectivity index (χ3n) is 7.66. The highest BCUT2D eigenvalue weighted by Crippen LogP contribution is 2.39. The second-order valence-electron chi connectivity index (χ2n) is 10.7. The number of aromatic nitrogens is 3. The van der Waals surface area contributed by atoms with Gasteiger partial charge >= 0.3 is 0 Å². The van der Waals surface area contributed by atoms with Gasteiger partial charge in [-0.05, 0) is 67.3 Å². The lowest BCUT2D eigenvalue weighted by molar-refractivity contribution is -0.138. The lowest BCUT2D eigenvalue weighted by atomic mass is 9.79. The second-order valence-corrected chi connectivity index (χ2v) is 10.7. The minimum Gasteiger partial charge on any atom is -0.505 e. The van der Waals surface area contributed by atoms with Gasteiger partial charge in [-0.2, -0.15) is 0 Å². The predicted molar refractivity (Wildman–Crippen MR) is 139 cm³/mol. The van der Waals surface area contributed by atoms with E-state index in [4.69, 9.17) is 0 Å². The number of fused-ring (bicyclic) bond motifs is 1. The molecular weight excluding hydrogens is 452 g/mol. The normalized spacial score (nSPS) is 16.4. The maximum absolute atomic E-state index is 13.1. The van der Waals surface area contributed by atoms with Crippen LogP contribution in [-0.2, 0) is 21.5 Å². The van der Waals surface area contributed by atoms with Crippen molar-refractivity contribution in [1.29, 1.82) is 0 Å². The van der Waals surface area contributed by atoms with Crippen molar-refractivity contribution in [3.05, 3.63) is 58.7 Å². The fraction of sp³-hybridized carbons (Fsp3) is 0.448. The van der Waals surface area contributed by atoms with Crippen LogP contribution in [0.25, 0.3) is 16.7 Å². The van der Waals surface area contributed by atoms with Gasteiger partial charge in [-0.15, -0.1) is 15.0 Å². The average Bonchev–Trinajstić information content (AvgIpc) is 3.40. The van der Waals surface area contributed by atoms with E-state index >= 15 is 0 Å². The molecule has 188 valence electrons. The summed E-state index contributed by atoms with van der Waals surface area (Å²) >= 11 is 0. The fourth-order valence-corrected chi connectivity index (χ4v) is 5.38. The Bertz CT molecular complexity index is 1310. The topological polar surface area (TPSA) is 88.3 Å². The lowest BCUT2D eigenvalue weighted by Gasteiger charge is -2.28. The number of benzene rings is 2. The molecular formula is C29H34N4O3. The molecule has 0 saturated carbocycles. The van der Waals surface area contributed by atoms with Crippen LogP contribution >= 0.6 is 0 Å². The van der Waals surface area contributed by atoms with Gasteiger partial charge in [0.2, 0.25) is 0 Å². The molecule has 2 aromatic carbocycles. The molecule has 2 heterocycles. The van der Waals surface area contributed by atoms with Gasteiger partial charge in [0.15, 0.2) is 0 Å². The Labute approximate surface area is 211 Å². The van der Waals surface area contributed by atoms with Gasteiger partial charge in [-0.25, -0.2) is 0 Å². The number of carbonyl (C=O) groups is 2. The zero-order valence-electron chi connectivity index (χ0n) is 21.4. The number of aromatic hydroxyl groups is 1. The van der Waals surface area contributed by atoms with Crippen molar-refractivity contribution >= 4 is 22.8 Å². The van der Waals surface area contributed by atoms with Crippen molar-refractivity contribution in [3.63, 3.8) is 0 Å². The van der Waals surface area contributed by atoms with Gasteiger partial charge < -0.3 is 5.11 Å². The predicted octanol–water partition coefficient (Wildman–Crippen LogP) is 5.72. The van der Waals surface area contributed by atoms with Gasteiger partial charge in [0.25, 0.3) is 11.8 Å². The standard InChI is InChI=1S/C29H34N4O3/c1-4-5-10-15-29(2,3)20-16-19(18-32-27(35)21-11-6-7-12-22(21)28(32)36)26(34)25(17-20)33-30-23-13-8-9-14-24(23)31-33/h8-9,13-14,16-17,34H,4-7,10-12,15,18H2,1-3H3. The van der Waals surface area contributed by atoms with Crippen LogP contribution in [0.15, 0.2) is 47.5 Å². The smallest absolute Gasteiger partial charge is 0.257 e. The summed E-state index contributed by atoms with van der Waals surface area (Å²) in [6.45, 7) is 6.61. The van der Waals surface area contributed by atoms with E-state index in [1.54, 1.807) is 0 Å². The highest BCUT2D eigenvalue weighted by molar-refractivity contribution is 6.19. The van der Waals surface area contributed by atoms with Crippen LogP contribution in [0.2, 0.25) is 0 Å². The van der Waals surface area contributed by atoms with Crippen LogP contribution < -0.4 is 0 Å². The van der Waals surface area contributed by atoms with Crippen molar-refractivity contribution < 1.29 is 14.7 Å². The number of carbonyl (C=O) groups excluding carboxylic acids is 2. The molecule has 3 aromatic rings. The van der Waals surface area contributed by atoms with Crippen LogP contribution in [0.5, 0.6) is 5.75 Å². The van der Waals surface area contributed by atoms with E-state index in [0.29, 0.717) is 35.2 Å². The number of phenolic OH excluding ortho intramolecular Hbond substituents is 1. The molecule has 0 bridgehead atoms. The number of unbranched alkanes of at least 4 members (excludes halogenated alkanes) is 2. The average molecular weight is 487 g/mol. The van der Waals surface area contributed by atoms with E-state index in [-0.39, 0.29) is 29.5 Å². The summed E-state index contributed by atoms with van der Waals surface area (Å²) in [5.74, 6) is -0.439. The Morgan fingerprint density at radius 1 is 0.944 bits per heavy atom. The molecule has 7 heteroatoms. The molecule has 0 radical (unpaired) electrons. The van der Waals surface area contributed by atoms with Crippen molar-refractivity contribution in [1.82, 2.24) is 19.9 Å². The second kappa shape index (κ2) is 9.52. The van der Waals surface area contributed by atoms with E-state index in [9.17, 15) is 14.7 Å². The van der Waals surface area contributed by atoms with Crippen LogP contribution in [0.3, 0.4) is 0 Å². The number of rotatable bonds is 8. The maximum atomic E-state index is 13.1. The monoisotopic (exact) mass is 486 g/mol. The quantitative estimate of drug-likeness (QED) is 0.325. The van der Waals surface area contributed by atoms with Gasteiger partial charge in [0.1, 0.15) is 22.5 Å². The molecule has 1 N–H and O–H groups in total. The minimum atomic E-state index is -0.216. The zero-order chi connectivity index (χ0) is 25.4. The van der Waals surface area contributed by atoms with Crippen molar-refractivity contribution in [2.45, 2.75) is 84.1 Å². The molecule has 1 aliphatic heterocycles. The van der Waals surface area contributed by atoms with Crippen molar-refractivity contribution in [3.8, 4) is 11.4 Å². The number of amides is 2. The summed E-state index contributed by atoms with van der Waals surface area (Å²) in [6, 6.07) is 11.5. The Morgan fingerprint density at radius 2 is 1.56 bits per heavy atom. The molecule has 2 amide bonds. The minimum absolute atomic E-state index is 0.00566. The van der Waals surface area contributed by atoms with Gasteiger partial charge in [-0.1, -0.05) is 52.2 Å². The SMILES string of the molecule is CCCCCC(C)(C)c1cc(CN2C(=O)C3=C(CCCC3)C2=O)c(O)c(-n2nc3ccccc3n2)c1. The first kappa shape index (κ1) is 24.2. The number of imide groups is 1. The summed E-state index contributed by atoms with van der Waals surface area (Å²) < 4.78 is 0. The van der Waals surface area contributed by atoms with E-state index in [1.807, 2.05) is 36.4 Å². The van der Waals surface area contributed by atoms with Crippen LogP contribution in [0.1, 0.15) is 83.3 Å². The largest absolute Gasteiger partial charge is 0.505 e. The Kier molecular flexibility index (Phi) is 6.41. The molecule has 0 unspecified atom stereocenters. The first-order valence-corrected chi connectivity index (χ1v) is 13.1. The van der Waals surface area contributed by atoms with E-state index in [1.165, 1.54) is 9.70 Å². The van der Waals surface area contributed by atoms with Gasteiger partial charge in [0.05, 0.1) is 6.54 Å². The summed E-state index contributed by atoms with van der Waals surface area (Å²) in [5, 5.41) is 20.6. The maximum Gasteiger partial charge on any atom is 0.257 e. The Balaban J connectivity index is 1.57. The summed E-state index contributed by atoms with van der Waals surface area (Å²) in [4.78, 5) is 29.0. The first-order chi connectivity index (χ1) is 17.3. The number of hydrogen-bond donors (Lipinski definition) is 1. The lowest BCUT2D eigenvalue weighted by Crippen LogP contribution is -2.31. The molecule has 5 rings (SSSR count). The van der Waals surface area contributed by atoms with Gasteiger partial charge in [0, 0.05) is 16.7 Å². The molecule has 0 spiro atoms. The van der Waals surface area contributed by atoms with E-state index in [0.717, 1.165) is 55.1 Å². The summed E-state index contributed by atoms with van der Waals surface area (Å²) in [6.07, 6.45) is 7.55. The van der Waals surface area contributed by atoms with Gasteiger partial charge in [-0.3, -0.25) is 14.5 Å². The molecule has 0 saturated heterocycles. The number of hydrogen-bond acceptors (Lipinski definition) is 5. The Morgan fingerprint density at radius 3 is 2.14 bits per heavy atom. The third-order valence-corrected chi connectivity index (χ3v) is 7.66. The molecule has 0 atom stereocenters. The van der Waals surface area contributed by atoms with Crippen molar-refractivity contribution in [2.75, 3.05) is 0 Å². The number of nitrogens with zero attached hydrogens (tertiary/aromatic N) is 4. The van der Waals surface area contributed by atoms with Crippen LogP contribution in [0.4, 0.5) is 0 Å². The Hall–Kier alpha value is -3.48. The first-order valence-electron chi connectivity index (χ1n) is 13.1. The summed E-state index contributed by atoms with van der Waals surface area (Å²) in [7, 11) is 0. The molecule has 7 nitrogen and oxygen atoms in total. The van der Waals surface area contributed by atoms with Crippen LogP contribution in [0, 0.1) is 0 Å². The molecule has 36 heavy (non-hydrogen) atoms. The van der Waals surface area contributed by atoms with Crippen LogP contribution in [-0.4, -0.2) is 36.8 Å². The fourth-order valence-electron chi connectivity index (χ4n) is 5.38. The molecule has 2 aliphatic rings. The molecule has 1 aromatic heterocycles. The van der Waals surface area contributed by atoms with E-state index < -0.39 is 0 Å².